The molecule has 3 aliphatic rings. The molecule has 0 N–H and O–H groups in total. The molecule has 0 spiro atoms. The lowest BCUT2D eigenvalue weighted by molar-refractivity contribution is 0.0694. The molecule has 2 bridgehead atoms. The van der Waals surface area contributed by atoms with Crippen LogP contribution in [0.5, 0.6) is 0 Å². The minimum atomic E-state index is -0.183. The molecule has 2 fully saturated rings. The van der Waals surface area contributed by atoms with E-state index in [0.29, 0.717) is 18.6 Å². The first-order valence-electron chi connectivity index (χ1n) is 11.6. The van der Waals surface area contributed by atoms with E-state index in [0.717, 1.165) is 38.0 Å². The molecule has 1 aliphatic carbocycles. The van der Waals surface area contributed by atoms with Crippen LogP contribution in [0.3, 0.4) is 0 Å². The largest absolute Gasteiger partial charge is 0.445 e. The van der Waals surface area contributed by atoms with E-state index in [2.05, 4.69) is 42.1 Å². The summed E-state index contributed by atoms with van der Waals surface area (Å²) >= 11 is 0. The zero-order valence-corrected chi connectivity index (χ0v) is 18.7. The number of nitrogens with zero attached hydrogens (tertiary/aromatic N) is 3. The molecule has 5 heteroatoms. The number of anilines is 1. The maximum absolute atomic E-state index is 12.9. The van der Waals surface area contributed by atoms with Gasteiger partial charge in [-0.05, 0) is 74.5 Å². The lowest BCUT2D eigenvalue weighted by Gasteiger charge is -2.37. The molecule has 2 aliphatic heterocycles. The van der Waals surface area contributed by atoms with E-state index in [1.54, 1.807) is 0 Å². The van der Waals surface area contributed by atoms with Crippen molar-refractivity contribution in [3.05, 3.63) is 65.2 Å². The highest BCUT2D eigenvalue weighted by molar-refractivity contribution is 5.70. The predicted octanol–water partition coefficient (Wildman–Crippen LogP) is 4.79. The van der Waals surface area contributed by atoms with Crippen molar-refractivity contribution in [1.82, 2.24) is 9.80 Å². The summed E-state index contributed by atoms with van der Waals surface area (Å²) in [6.07, 6.45) is 4.28. The van der Waals surface area contributed by atoms with Gasteiger partial charge in [0, 0.05) is 31.4 Å². The molecule has 5 rings (SSSR count). The molecule has 2 aromatic rings. The van der Waals surface area contributed by atoms with Crippen LogP contribution in [-0.2, 0) is 11.3 Å². The second-order valence-corrected chi connectivity index (χ2v) is 9.47. The molecule has 2 atom stereocenters. The minimum Gasteiger partial charge on any atom is -0.445 e. The number of hydrogen-bond acceptors (Lipinski definition) is 4. The van der Waals surface area contributed by atoms with Gasteiger partial charge in [0.2, 0.25) is 0 Å². The van der Waals surface area contributed by atoms with Gasteiger partial charge >= 0.3 is 6.09 Å². The number of rotatable bonds is 4. The summed E-state index contributed by atoms with van der Waals surface area (Å²) < 4.78 is 5.69. The van der Waals surface area contributed by atoms with E-state index in [1.807, 2.05) is 35.2 Å². The Hall–Kier alpha value is -2.53. The van der Waals surface area contributed by atoms with Crippen LogP contribution in [0, 0.1) is 0 Å². The number of fused-ring (bicyclic) bond motifs is 5. The van der Waals surface area contributed by atoms with Gasteiger partial charge in [-0.25, -0.2) is 4.79 Å². The van der Waals surface area contributed by atoms with Crippen molar-refractivity contribution >= 4 is 11.8 Å². The highest BCUT2D eigenvalue weighted by Gasteiger charge is 2.41. The van der Waals surface area contributed by atoms with Crippen LogP contribution in [0.2, 0.25) is 0 Å². The number of piperidine rings is 2. The topological polar surface area (TPSA) is 36.0 Å². The Morgan fingerprint density at radius 3 is 2.52 bits per heavy atom. The Balaban J connectivity index is 1.29. The monoisotopic (exact) mass is 419 g/mol. The molecular weight excluding hydrogens is 386 g/mol. The summed E-state index contributed by atoms with van der Waals surface area (Å²) in [7, 11) is 4.36. The van der Waals surface area contributed by atoms with Crippen molar-refractivity contribution in [2.24, 2.45) is 0 Å². The fourth-order valence-electron chi connectivity index (χ4n) is 5.62. The third-order valence-corrected chi connectivity index (χ3v) is 7.47. The number of carbonyl (C=O) groups is 1. The van der Waals surface area contributed by atoms with Gasteiger partial charge in [0.15, 0.2) is 0 Å². The van der Waals surface area contributed by atoms with Crippen molar-refractivity contribution in [3.8, 4) is 0 Å². The Labute approximate surface area is 185 Å². The Kier molecular flexibility index (Phi) is 5.61. The maximum atomic E-state index is 12.9. The molecule has 2 aromatic carbocycles. The second kappa shape index (κ2) is 8.54. The zero-order chi connectivity index (χ0) is 21.4. The molecule has 0 saturated carbocycles. The second-order valence-electron chi connectivity index (χ2n) is 9.47. The van der Waals surface area contributed by atoms with Gasteiger partial charge in [-0.2, -0.15) is 0 Å². The van der Waals surface area contributed by atoms with Crippen molar-refractivity contribution in [2.45, 2.75) is 50.3 Å². The molecule has 31 heavy (non-hydrogen) atoms. The predicted molar refractivity (Wildman–Crippen MR) is 123 cm³/mol. The van der Waals surface area contributed by atoms with Crippen LogP contribution in [-0.4, -0.2) is 55.7 Å². The van der Waals surface area contributed by atoms with Crippen LogP contribution >= 0.6 is 0 Å². The molecule has 1 amide bonds. The van der Waals surface area contributed by atoms with Crippen LogP contribution in [0.25, 0.3) is 0 Å². The number of ether oxygens (including phenoxy) is 1. The molecule has 0 radical (unpaired) electrons. The zero-order valence-electron chi connectivity index (χ0n) is 18.7. The Bertz CT molecular complexity index is 922. The van der Waals surface area contributed by atoms with E-state index in [9.17, 15) is 4.79 Å². The van der Waals surface area contributed by atoms with Gasteiger partial charge in [-0.1, -0.05) is 36.4 Å². The number of amides is 1. The fourth-order valence-corrected chi connectivity index (χ4v) is 5.62. The van der Waals surface area contributed by atoms with Crippen molar-refractivity contribution in [3.63, 3.8) is 0 Å². The van der Waals surface area contributed by atoms with Gasteiger partial charge in [0.05, 0.1) is 6.04 Å². The van der Waals surface area contributed by atoms with Crippen molar-refractivity contribution < 1.29 is 9.53 Å². The van der Waals surface area contributed by atoms with Gasteiger partial charge in [-0.15, -0.1) is 0 Å². The van der Waals surface area contributed by atoms with E-state index >= 15 is 0 Å². The number of carbonyl (C=O) groups excluding carboxylic acids is 1. The molecular formula is C26H33N3O2. The number of benzene rings is 2. The van der Waals surface area contributed by atoms with Crippen LogP contribution < -0.4 is 4.90 Å². The quantitative estimate of drug-likeness (QED) is 0.714. The van der Waals surface area contributed by atoms with Crippen LogP contribution in [0.15, 0.2) is 48.5 Å². The van der Waals surface area contributed by atoms with Gasteiger partial charge in [0.1, 0.15) is 6.61 Å². The summed E-state index contributed by atoms with van der Waals surface area (Å²) in [4.78, 5) is 19.8. The average Bonchev–Trinajstić information content (AvgIpc) is 3.09. The summed E-state index contributed by atoms with van der Waals surface area (Å²) in [5, 5.41) is 0. The van der Waals surface area contributed by atoms with Gasteiger partial charge in [0.25, 0.3) is 0 Å². The standard InChI is InChI=1S/C26H33N3O2/c1-27(2)21-11-13-28(14-12-21)22-8-9-23-20-10-15-29(25(16-20)24(23)17-22)26(30)31-18-19-6-4-3-5-7-19/h3-9,17,20-21,25H,10-16,18H2,1-2H3/t20-,25+/m1/s1. The summed E-state index contributed by atoms with van der Waals surface area (Å²) in [6, 6.07) is 17.7. The summed E-state index contributed by atoms with van der Waals surface area (Å²) in [5.74, 6) is 0.576. The fraction of sp³-hybridized carbons (Fsp3) is 0.500. The van der Waals surface area contributed by atoms with Crippen molar-refractivity contribution in [1.29, 1.82) is 0 Å². The number of hydrogen-bond donors (Lipinski definition) is 0. The van der Waals surface area contributed by atoms with Gasteiger partial charge < -0.3 is 19.4 Å². The highest BCUT2D eigenvalue weighted by Crippen LogP contribution is 2.50. The maximum Gasteiger partial charge on any atom is 0.410 e. The lowest BCUT2D eigenvalue weighted by Crippen LogP contribution is -2.42. The van der Waals surface area contributed by atoms with Crippen LogP contribution in [0.4, 0.5) is 10.5 Å². The highest BCUT2D eigenvalue weighted by atomic mass is 16.6. The summed E-state index contributed by atoms with van der Waals surface area (Å²) in [6.45, 7) is 3.30. The first kappa shape index (κ1) is 20.4. The molecule has 5 nitrogen and oxygen atoms in total. The van der Waals surface area contributed by atoms with E-state index < -0.39 is 0 Å². The van der Waals surface area contributed by atoms with E-state index in [4.69, 9.17) is 4.74 Å². The lowest BCUT2D eigenvalue weighted by atomic mass is 9.95. The Morgan fingerprint density at radius 2 is 1.77 bits per heavy atom. The SMILES string of the molecule is CN(C)C1CCN(c2ccc3c(c2)[C@@H]2C[C@H]3CCN2C(=O)OCc2ccccc2)CC1. The number of likely N-dealkylation sites (tertiary alicyclic amines) is 1. The molecule has 2 heterocycles. The van der Waals surface area contributed by atoms with E-state index in [1.165, 1.54) is 29.7 Å². The molecule has 2 saturated heterocycles. The third kappa shape index (κ3) is 4.03. The molecule has 164 valence electrons. The first-order chi connectivity index (χ1) is 15.1. The van der Waals surface area contributed by atoms with Crippen LogP contribution in [0.1, 0.15) is 54.3 Å². The van der Waals surface area contributed by atoms with Crippen molar-refractivity contribution in [2.75, 3.05) is 38.6 Å². The summed E-state index contributed by atoms with van der Waals surface area (Å²) in [5.41, 5.74) is 5.11. The molecule has 0 unspecified atom stereocenters. The van der Waals surface area contributed by atoms with Gasteiger partial charge in [-0.3, -0.25) is 0 Å². The normalized spacial score (nSPS) is 23.2. The Morgan fingerprint density at radius 1 is 1.00 bits per heavy atom. The van der Waals surface area contributed by atoms with E-state index in [-0.39, 0.29) is 12.1 Å². The smallest absolute Gasteiger partial charge is 0.410 e. The third-order valence-electron chi connectivity index (χ3n) is 7.47. The first-order valence-corrected chi connectivity index (χ1v) is 11.6. The average molecular weight is 420 g/mol. The molecule has 0 aromatic heterocycles. The minimum absolute atomic E-state index is 0.149.